The molecule has 0 aliphatic rings. The van der Waals surface area contributed by atoms with Crippen molar-refractivity contribution in [1.82, 2.24) is 0 Å². The maximum absolute atomic E-state index is 2.33. The zero-order valence-electron chi connectivity index (χ0n) is 6.41. The Balaban J connectivity index is 3.39. The molecule has 0 aliphatic carbocycles. The lowest BCUT2D eigenvalue weighted by Gasteiger charge is -2.19. The highest BCUT2D eigenvalue weighted by Gasteiger charge is 2.12. The van der Waals surface area contributed by atoms with Crippen molar-refractivity contribution in [2.45, 2.75) is 38.6 Å². The van der Waals surface area contributed by atoms with Gasteiger partial charge in [0.05, 0.1) is 0 Å². The Kier molecular flexibility index (Phi) is 3.13. The summed E-state index contributed by atoms with van der Waals surface area (Å²) in [6.07, 6.45) is 0. The van der Waals surface area contributed by atoms with Crippen LogP contribution in [0.15, 0.2) is 0 Å². The molecule has 0 N–H and O–H groups in total. The molecule has 0 aromatic heterocycles. The van der Waals surface area contributed by atoms with Crippen molar-refractivity contribution in [3.63, 3.8) is 0 Å². The summed E-state index contributed by atoms with van der Waals surface area (Å²) < 4.78 is 0.484. The van der Waals surface area contributed by atoms with Gasteiger partial charge in [-0.2, -0.15) is 11.2 Å². The second-order valence-electron chi connectivity index (χ2n) is 3.12. The fourth-order valence-corrected chi connectivity index (χ4v) is 5.51. The number of hydrogen-bond donors (Lipinski definition) is 0. The van der Waals surface area contributed by atoms with Crippen LogP contribution >= 0.6 is 11.2 Å². The van der Waals surface area contributed by atoms with Gasteiger partial charge in [0.1, 0.15) is 7.95 Å². The highest BCUT2D eigenvalue weighted by molar-refractivity contribution is 8.26. The molecule has 0 atom stereocenters. The third kappa shape index (κ3) is 6.57. The van der Waals surface area contributed by atoms with Crippen molar-refractivity contribution in [3.8, 4) is 0 Å². The smallest absolute Gasteiger partial charge is 0.115 e. The molecule has 0 aromatic rings. The van der Waals surface area contributed by atoms with Gasteiger partial charge in [-0.1, -0.05) is 33.9 Å². The molecule has 0 rings (SSSR count). The Hall–Kier alpha value is 0.567. The lowest BCUT2D eigenvalue weighted by Crippen LogP contribution is -2.13. The molecule has 0 saturated heterocycles. The minimum atomic E-state index is -0.0754. The van der Waals surface area contributed by atoms with Crippen LogP contribution in [-0.2, 0) is 0 Å². The standard InChI is InChI=1S/C6H15SSi/c1-6(2,3)7-8(4)5/h1-5H3. The molecule has 2 heteroatoms. The van der Waals surface area contributed by atoms with Crippen LogP contribution in [0.5, 0.6) is 0 Å². The van der Waals surface area contributed by atoms with E-state index in [1.54, 1.807) is 0 Å². The molecular formula is C6H15SSi. The summed E-state index contributed by atoms with van der Waals surface area (Å²) in [4.78, 5) is 0. The van der Waals surface area contributed by atoms with Crippen molar-refractivity contribution in [1.29, 1.82) is 0 Å². The average Bonchev–Trinajstić information content (AvgIpc) is 1.21. The molecule has 0 fully saturated rings. The maximum atomic E-state index is 2.33. The largest absolute Gasteiger partial charge is 0.182 e. The van der Waals surface area contributed by atoms with Crippen LogP contribution in [0.4, 0.5) is 0 Å². The highest BCUT2D eigenvalue weighted by atomic mass is 32.4. The van der Waals surface area contributed by atoms with Crippen molar-refractivity contribution in [2.75, 3.05) is 0 Å². The fourth-order valence-electron chi connectivity index (χ4n) is 0.612. The van der Waals surface area contributed by atoms with Gasteiger partial charge < -0.3 is 0 Å². The topological polar surface area (TPSA) is 0 Å². The zero-order valence-corrected chi connectivity index (χ0v) is 8.22. The first kappa shape index (κ1) is 8.57. The number of rotatable bonds is 1. The number of hydrogen-bond acceptors (Lipinski definition) is 1. The van der Waals surface area contributed by atoms with Crippen LogP contribution in [0.2, 0.25) is 13.1 Å². The summed E-state index contributed by atoms with van der Waals surface area (Å²) in [5, 5.41) is 0. The Morgan fingerprint density at radius 3 is 1.50 bits per heavy atom. The van der Waals surface area contributed by atoms with Crippen LogP contribution in [0, 0.1) is 0 Å². The molecule has 0 nitrogen and oxygen atoms in total. The predicted molar refractivity (Wildman–Crippen MR) is 44.8 cm³/mol. The second-order valence-corrected chi connectivity index (χ2v) is 9.43. The van der Waals surface area contributed by atoms with E-state index in [0.717, 1.165) is 0 Å². The lowest BCUT2D eigenvalue weighted by molar-refractivity contribution is 0.809. The van der Waals surface area contributed by atoms with E-state index in [4.69, 9.17) is 0 Å². The third-order valence-corrected chi connectivity index (χ3v) is 4.59. The summed E-state index contributed by atoms with van der Waals surface area (Å²) in [6.45, 7) is 11.5. The van der Waals surface area contributed by atoms with Crippen molar-refractivity contribution >= 4 is 19.2 Å². The molecule has 0 spiro atoms. The molecule has 0 aliphatic heterocycles. The highest BCUT2D eigenvalue weighted by Crippen LogP contribution is 2.25. The van der Waals surface area contributed by atoms with E-state index in [0.29, 0.717) is 4.75 Å². The van der Waals surface area contributed by atoms with E-state index in [1.807, 2.05) is 0 Å². The first-order valence-electron chi connectivity index (χ1n) is 2.91. The Labute approximate surface area is 58.3 Å². The predicted octanol–water partition coefficient (Wildman–Crippen LogP) is 2.77. The summed E-state index contributed by atoms with van der Waals surface area (Å²) in [5.41, 5.74) is 0. The quantitative estimate of drug-likeness (QED) is 0.514. The minimum Gasteiger partial charge on any atom is -0.182 e. The monoisotopic (exact) mass is 147 g/mol. The minimum absolute atomic E-state index is 0.0754. The van der Waals surface area contributed by atoms with Crippen molar-refractivity contribution in [2.24, 2.45) is 0 Å². The molecule has 0 bridgehead atoms. The summed E-state index contributed by atoms with van der Waals surface area (Å²) in [7, 11) is -0.0754. The molecule has 0 heterocycles. The molecular weight excluding hydrogens is 132 g/mol. The van der Waals surface area contributed by atoms with Crippen LogP contribution in [0.3, 0.4) is 0 Å². The van der Waals surface area contributed by atoms with Gasteiger partial charge in [0.15, 0.2) is 0 Å². The van der Waals surface area contributed by atoms with Gasteiger partial charge in [0.2, 0.25) is 0 Å². The van der Waals surface area contributed by atoms with Crippen LogP contribution in [0.1, 0.15) is 20.8 Å². The van der Waals surface area contributed by atoms with E-state index in [-0.39, 0.29) is 7.95 Å². The normalized spacial score (nSPS) is 12.8. The average molecular weight is 147 g/mol. The fraction of sp³-hybridized carbons (Fsp3) is 1.00. The molecule has 0 unspecified atom stereocenters. The first-order valence-corrected chi connectivity index (χ1v) is 6.95. The second kappa shape index (κ2) is 2.92. The van der Waals surface area contributed by atoms with Crippen LogP contribution in [0.25, 0.3) is 0 Å². The molecule has 0 aromatic carbocycles. The van der Waals surface area contributed by atoms with Crippen LogP contribution < -0.4 is 0 Å². The maximum Gasteiger partial charge on any atom is 0.115 e. The van der Waals surface area contributed by atoms with Gasteiger partial charge in [-0.15, -0.1) is 0 Å². The lowest BCUT2D eigenvalue weighted by atomic mass is 10.3. The van der Waals surface area contributed by atoms with Crippen LogP contribution in [-0.4, -0.2) is 12.7 Å². The van der Waals surface area contributed by atoms with Gasteiger partial charge in [-0.25, -0.2) is 0 Å². The van der Waals surface area contributed by atoms with Gasteiger partial charge in [0.25, 0.3) is 0 Å². The van der Waals surface area contributed by atoms with Gasteiger partial charge in [-0.05, 0) is 0 Å². The molecule has 0 saturated carbocycles. The third-order valence-electron chi connectivity index (χ3n) is 0.510. The van der Waals surface area contributed by atoms with Gasteiger partial charge in [-0.3, -0.25) is 0 Å². The van der Waals surface area contributed by atoms with E-state index in [1.165, 1.54) is 0 Å². The molecule has 0 amide bonds. The van der Waals surface area contributed by atoms with E-state index < -0.39 is 0 Å². The van der Waals surface area contributed by atoms with Gasteiger partial charge in [0, 0.05) is 4.75 Å². The van der Waals surface area contributed by atoms with E-state index in [9.17, 15) is 0 Å². The van der Waals surface area contributed by atoms with E-state index in [2.05, 4.69) is 45.1 Å². The molecule has 1 radical (unpaired) electrons. The zero-order chi connectivity index (χ0) is 6.78. The van der Waals surface area contributed by atoms with Crippen molar-refractivity contribution in [3.05, 3.63) is 0 Å². The van der Waals surface area contributed by atoms with Crippen molar-refractivity contribution < 1.29 is 0 Å². The summed E-state index contributed by atoms with van der Waals surface area (Å²) in [6, 6.07) is 0. The first-order chi connectivity index (χ1) is 3.42. The summed E-state index contributed by atoms with van der Waals surface area (Å²) in [5.74, 6) is 0. The Morgan fingerprint density at radius 1 is 1.12 bits per heavy atom. The Bertz CT molecular complexity index is 63.4. The van der Waals surface area contributed by atoms with Gasteiger partial charge >= 0.3 is 0 Å². The van der Waals surface area contributed by atoms with E-state index >= 15 is 0 Å². The molecule has 8 heavy (non-hydrogen) atoms. The summed E-state index contributed by atoms with van der Waals surface area (Å²) >= 11 is 2.11. The Morgan fingerprint density at radius 2 is 1.50 bits per heavy atom. The SMILES string of the molecule is C[Si](C)SC(C)(C)C. The molecule has 49 valence electrons.